The van der Waals surface area contributed by atoms with Crippen molar-refractivity contribution in [3.8, 4) is 11.5 Å². The predicted molar refractivity (Wildman–Crippen MR) is 101 cm³/mol. The molecule has 0 aromatic heterocycles. The highest BCUT2D eigenvalue weighted by molar-refractivity contribution is 6.31. The van der Waals surface area contributed by atoms with Gasteiger partial charge in [0, 0.05) is 23.6 Å². The Morgan fingerprint density at radius 3 is 2.85 bits per heavy atom. The van der Waals surface area contributed by atoms with Gasteiger partial charge in [0.25, 0.3) is 5.91 Å². The molecule has 1 amide bonds. The van der Waals surface area contributed by atoms with Gasteiger partial charge in [0.2, 0.25) is 0 Å². The van der Waals surface area contributed by atoms with Crippen molar-refractivity contribution in [1.82, 2.24) is 0 Å². The second-order valence-corrected chi connectivity index (χ2v) is 6.23. The van der Waals surface area contributed by atoms with E-state index in [1.807, 2.05) is 0 Å². The maximum Gasteiger partial charge on any atom is 0.265 e. The molecule has 0 atom stereocenters. The number of anilines is 1. The van der Waals surface area contributed by atoms with E-state index in [0.29, 0.717) is 39.9 Å². The quantitative estimate of drug-likeness (QED) is 0.574. The average Bonchev–Trinajstić information content (AvgIpc) is 2.65. The highest BCUT2D eigenvalue weighted by Gasteiger charge is 2.25. The number of carbonyl (C=O) groups excluding carboxylic acids is 2. The number of carbonyl (C=O) groups is 2. The van der Waals surface area contributed by atoms with E-state index in [0.717, 1.165) is 0 Å². The zero-order chi connectivity index (χ0) is 18.7. The van der Waals surface area contributed by atoms with Crippen LogP contribution >= 0.6 is 11.6 Å². The molecule has 1 aliphatic heterocycles. The van der Waals surface area contributed by atoms with E-state index in [1.165, 1.54) is 0 Å². The number of Topliss-reactive ketones (excluding diaryl/α,β-unsaturated/α-hetero) is 1. The number of hydrogen-bond acceptors (Lipinski definition) is 4. The Bertz CT molecular complexity index is 878. The van der Waals surface area contributed by atoms with Crippen LogP contribution in [0.5, 0.6) is 11.5 Å². The topological polar surface area (TPSA) is 55.8 Å². The number of fused-ring (bicyclic) bond motifs is 1. The molecule has 134 valence electrons. The van der Waals surface area contributed by atoms with Crippen molar-refractivity contribution in [2.24, 2.45) is 0 Å². The molecule has 0 bridgehead atoms. The van der Waals surface area contributed by atoms with E-state index >= 15 is 0 Å². The summed E-state index contributed by atoms with van der Waals surface area (Å²) < 4.78 is 10.6. The third kappa shape index (κ3) is 3.58. The Hall–Kier alpha value is -2.79. The minimum atomic E-state index is -0.166. The summed E-state index contributed by atoms with van der Waals surface area (Å²) in [5.41, 5.74) is 1.78. The van der Waals surface area contributed by atoms with Crippen molar-refractivity contribution in [2.45, 2.75) is 6.42 Å². The van der Waals surface area contributed by atoms with Crippen LogP contribution in [0.1, 0.15) is 15.9 Å². The second kappa shape index (κ2) is 7.62. The summed E-state index contributed by atoms with van der Waals surface area (Å²) in [4.78, 5) is 26.3. The van der Waals surface area contributed by atoms with Gasteiger partial charge in [0.1, 0.15) is 11.5 Å². The highest BCUT2D eigenvalue weighted by atomic mass is 35.5. The van der Waals surface area contributed by atoms with E-state index in [1.54, 1.807) is 54.5 Å². The van der Waals surface area contributed by atoms with E-state index < -0.39 is 0 Å². The van der Waals surface area contributed by atoms with Gasteiger partial charge in [0.15, 0.2) is 12.4 Å². The van der Waals surface area contributed by atoms with Crippen LogP contribution in [0.25, 0.3) is 0 Å². The van der Waals surface area contributed by atoms with E-state index in [4.69, 9.17) is 21.1 Å². The number of ether oxygens (including phenoxy) is 2. The Morgan fingerprint density at radius 1 is 1.35 bits per heavy atom. The number of methoxy groups -OCH3 is 1. The maximum atomic E-state index is 12.7. The number of rotatable bonds is 6. The fourth-order valence-electron chi connectivity index (χ4n) is 2.78. The minimum absolute atomic E-state index is 0.0183. The molecular formula is C20H18ClNO4. The lowest BCUT2D eigenvalue weighted by molar-refractivity contribution is -0.121. The summed E-state index contributed by atoms with van der Waals surface area (Å²) in [6, 6.07) is 10.3. The van der Waals surface area contributed by atoms with Gasteiger partial charge < -0.3 is 14.4 Å². The minimum Gasteiger partial charge on any atom is -0.497 e. The molecule has 0 N–H and O–H groups in total. The van der Waals surface area contributed by atoms with Crippen LogP contribution < -0.4 is 14.4 Å². The number of amides is 1. The lowest BCUT2D eigenvalue weighted by atomic mass is 10.0. The molecule has 1 heterocycles. The van der Waals surface area contributed by atoms with Gasteiger partial charge >= 0.3 is 0 Å². The third-order valence-corrected chi connectivity index (χ3v) is 4.50. The molecule has 0 saturated heterocycles. The van der Waals surface area contributed by atoms with Crippen molar-refractivity contribution in [3.05, 3.63) is 65.2 Å². The zero-order valence-electron chi connectivity index (χ0n) is 14.3. The van der Waals surface area contributed by atoms with Crippen LogP contribution in [0.15, 0.2) is 49.1 Å². The van der Waals surface area contributed by atoms with Gasteiger partial charge in [-0.15, -0.1) is 6.58 Å². The summed E-state index contributed by atoms with van der Waals surface area (Å²) >= 11 is 6.22. The van der Waals surface area contributed by atoms with Crippen LogP contribution in [0.2, 0.25) is 5.02 Å². The van der Waals surface area contributed by atoms with E-state index in [-0.39, 0.29) is 24.7 Å². The molecular weight excluding hydrogens is 354 g/mol. The number of hydrogen-bond donors (Lipinski definition) is 0. The van der Waals surface area contributed by atoms with Gasteiger partial charge in [-0.05, 0) is 35.9 Å². The molecule has 0 saturated carbocycles. The van der Waals surface area contributed by atoms with Crippen molar-refractivity contribution < 1.29 is 19.1 Å². The summed E-state index contributed by atoms with van der Waals surface area (Å²) in [6.07, 6.45) is 1.79. The predicted octanol–water partition coefficient (Wildman–Crippen LogP) is 3.69. The molecule has 1 aliphatic rings. The lowest BCUT2D eigenvalue weighted by Crippen LogP contribution is -2.38. The molecule has 2 aromatic carbocycles. The summed E-state index contributed by atoms with van der Waals surface area (Å²) in [7, 11) is 1.56. The third-order valence-electron chi connectivity index (χ3n) is 4.15. The van der Waals surface area contributed by atoms with Crippen LogP contribution in [-0.2, 0) is 11.2 Å². The van der Waals surface area contributed by atoms with Gasteiger partial charge in [-0.2, -0.15) is 0 Å². The SMILES string of the molecule is C=CCN1C(=O)COc2ccc(C(=O)Cc3ccc(OC)cc3Cl)cc21. The largest absolute Gasteiger partial charge is 0.497 e. The first kappa shape index (κ1) is 18.0. The van der Waals surface area contributed by atoms with Gasteiger partial charge in [-0.1, -0.05) is 23.7 Å². The van der Waals surface area contributed by atoms with Crippen LogP contribution in [0, 0.1) is 0 Å². The van der Waals surface area contributed by atoms with Crippen molar-refractivity contribution in [1.29, 1.82) is 0 Å². The molecule has 6 heteroatoms. The fourth-order valence-corrected chi connectivity index (χ4v) is 3.02. The Balaban J connectivity index is 1.87. The Kier molecular flexibility index (Phi) is 5.28. The Labute approximate surface area is 156 Å². The molecule has 0 aliphatic carbocycles. The van der Waals surface area contributed by atoms with Gasteiger partial charge in [0.05, 0.1) is 12.8 Å². The smallest absolute Gasteiger partial charge is 0.265 e. The van der Waals surface area contributed by atoms with Gasteiger partial charge in [-0.25, -0.2) is 0 Å². The monoisotopic (exact) mass is 371 g/mol. The number of halogens is 1. The standard InChI is InChI=1S/C20H18ClNO4/c1-3-8-22-17-9-14(5-7-19(17)26-12-20(22)24)18(23)10-13-4-6-15(25-2)11-16(13)21/h3-7,9,11H,1,8,10,12H2,2H3. The van der Waals surface area contributed by atoms with Crippen molar-refractivity contribution in [3.63, 3.8) is 0 Å². The van der Waals surface area contributed by atoms with E-state index in [9.17, 15) is 9.59 Å². The molecule has 0 fully saturated rings. The first-order valence-corrected chi connectivity index (χ1v) is 8.45. The van der Waals surface area contributed by atoms with Gasteiger partial charge in [-0.3, -0.25) is 9.59 Å². The molecule has 5 nitrogen and oxygen atoms in total. The normalized spacial score (nSPS) is 13.0. The maximum absolute atomic E-state index is 12.7. The van der Waals surface area contributed by atoms with Crippen molar-refractivity contribution >= 4 is 29.0 Å². The summed E-state index contributed by atoms with van der Waals surface area (Å²) in [5.74, 6) is 0.942. The molecule has 26 heavy (non-hydrogen) atoms. The van der Waals surface area contributed by atoms with Crippen molar-refractivity contribution in [2.75, 3.05) is 25.2 Å². The van der Waals surface area contributed by atoms with Crippen LogP contribution in [-0.4, -0.2) is 32.0 Å². The molecule has 0 radical (unpaired) electrons. The molecule has 0 unspecified atom stereocenters. The molecule has 0 spiro atoms. The van der Waals surface area contributed by atoms with Crippen LogP contribution in [0.4, 0.5) is 5.69 Å². The molecule has 3 rings (SSSR count). The number of benzene rings is 2. The van der Waals surface area contributed by atoms with Crippen LogP contribution in [0.3, 0.4) is 0 Å². The summed E-state index contributed by atoms with van der Waals surface area (Å²) in [6.45, 7) is 4.01. The lowest BCUT2D eigenvalue weighted by Gasteiger charge is -2.28. The number of ketones is 1. The second-order valence-electron chi connectivity index (χ2n) is 5.82. The fraction of sp³-hybridized carbons (Fsp3) is 0.200. The Morgan fingerprint density at radius 2 is 2.15 bits per heavy atom. The summed E-state index contributed by atoms with van der Waals surface area (Å²) in [5, 5.41) is 0.474. The first-order chi connectivity index (χ1) is 12.5. The number of nitrogens with zero attached hydrogens (tertiary/aromatic N) is 1. The molecule has 2 aromatic rings. The zero-order valence-corrected chi connectivity index (χ0v) is 15.1. The average molecular weight is 372 g/mol. The highest BCUT2D eigenvalue weighted by Crippen LogP contribution is 2.33. The first-order valence-electron chi connectivity index (χ1n) is 8.07. The van der Waals surface area contributed by atoms with E-state index in [2.05, 4.69) is 6.58 Å².